The van der Waals surface area contributed by atoms with Crippen molar-refractivity contribution in [3.05, 3.63) is 59.1 Å². The molecule has 4 aromatic heterocycles. The summed E-state index contributed by atoms with van der Waals surface area (Å²) < 4.78 is 15.5. The highest BCUT2D eigenvalue weighted by Gasteiger charge is 2.18. The number of imidazole rings is 1. The average molecular weight is 370 g/mol. The molecule has 0 aromatic carbocycles. The van der Waals surface area contributed by atoms with Gasteiger partial charge in [-0.1, -0.05) is 11.6 Å². The van der Waals surface area contributed by atoms with Crippen LogP contribution in [0, 0.1) is 12.7 Å². The van der Waals surface area contributed by atoms with E-state index in [-0.39, 0.29) is 5.82 Å². The number of hydrogen-bond donors (Lipinski definition) is 1. The lowest BCUT2D eigenvalue weighted by molar-refractivity contribution is 0.621. The third kappa shape index (κ3) is 2.95. The van der Waals surface area contributed by atoms with Crippen molar-refractivity contribution in [2.24, 2.45) is 0 Å². The third-order valence-electron chi connectivity index (χ3n) is 3.83. The van der Waals surface area contributed by atoms with Gasteiger partial charge in [0.1, 0.15) is 22.6 Å². The predicted molar refractivity (Wildman–Crippen MR) is 96.0 cm³/mol. The van der Waals surface area contributed by atoms with Gasteiger partial charge in [-0.05, 0) is 30.7 Å². The number of anilines is 1. The number of hydrogen-bond acceptors (Lipinski definition) is 6. The SMILES string of the molecule is Cc1nc(N)c2nc(-c3cncc(F)c3)n(Cc3ccnc(Cl)c3)c2n1. The Bertz CT molecular complexity index is 1130. The van der Waals surface area contributed by atoms with Crippen molar-refractivity contribution in [2.45, 2.75) is 13.5 Å². The van der Waals surface area contributed by atoms with Crippen molar-refractivity contribution in [1.29, 1.82) is 0 Å². The monoisotopic (exact) mass is 369 g/mol. The van der Waals surface area contributed by atoms with Crippen LogP contribution < -0.4 is 5.73 Å². The molecule has 0 atom stereocenters. The number of pyridine rings is 2. The molecule has 0 radical (unpaired) electrons. The highest BCUT2D eigenvalue weighted by atomic mass is 35.5. The molecule has 0 spiro atoms. The van der Waals surface area contributed by atoms with Crippen molar-refractivity contribution in [3.63, 3.8) is 0 Å². The van der Waals surface area contributed by atoms with Crippen LogP contribution in [0.2, 0.25) is 5.15 Å². The van der Waals surface area contributed by atoms with Crippen molar-refractivity contribution >= 4 is 28.6 Å². The van der Waals surface area contributed by atoms with Gasteiger partial charge in [-0.2, -0.15) is 0 Å². The molecule has 0 fully saturated rings. The number of nitrogens with two attached hydrogens (primary N) is 1. The first-order chi connectivity index (χ1) is 12.5. The van der Waals surface area contributed by atoms with Crippen molar-refractivity contribution in [3.8, 4) is 11.4 Å². The summed E-state index contributed by atoms with van der Waals surface area (Å²) in [6.07, 6.45) is 4.29. The van der Waals surface area contributed by atoms with E-state index in [9.17, 15) is 4.39 Å². The van der Waals surface area contributed by atoms with Gasteiger partial charge in [0.25, 0.3) is 0 Å². The molecule has 0 aliphatic carbocycles. The Morgan fingerprint density at radius 1 is 1.19 bits per heavy atom. The number of aromatic nitrogens is 6. The van der Waals surface area contributed by atoms with Crippen LogP contribution in [-0.2, 0) is 6.54 Å². The zero-order valence-corrected chi connectivity index (χ0v) is 14.4. The van der Waals surface area contributed by atoms with Gasteiger partial charge in [-0.3, -0.25) is 4.98 Å². The second kappa shape index (κ2) is 6.30. The second-order valence-electron chi connectivity index (χ2n) is 5.73. The third-order valence-corrected chi connectivity index (χ3v) is 4.03. The van der Waals surface area contributed by atoms with Crippen LogP contribution in [0.5, 0.6) is 0 Å². The minimum Gasteiger partial charge on any atom is -0.382 e. The molecule has 4 aromatic rings. The van der Waals surface area contributed by atoms with Crippen molar-refractivity contribution in [2.75, 3.05) is 5.73 Å². The fraction of sp³-hybridized carbons (Fsp3) is 0.118. The smallest absolute Gasteiger partial charge is 0.166 e. The van der Waals surface area contributed by atoms with E-state index in [1.54, 1.807) is 19.2 Å². The zero-order chi connectivity index (χ0) is 18.3. The van der Waals surface area contributed by atoms with E-state index >= 15 is 0 Å². The number of nitrogen functional groups attached to an aromatic ring is 1. The van der Waals surface area contributed by atoms with Gasteiger partial charge in [0, 0.05) is 18.0 Å². The molecule has 26 heavy (non-hydrogen) atoms. The van der Waals surface area contributed by atoms with Gasteiger partial charge >= 0.3 is 0 Å². The number of rotatable bonds is 3. The molecule has 0 aliphatic heterocycles. The molecular weight excluding hydrogens is 357 g/mol. The Hall–Kier alpha value is -3.13. The summed E-state index contributed by atoms with van der Waals surface area (Å²) in [4.78, 5) is 21.1. The molecular formula is C17H13ClFN7. The topological polar surface area (TPSA) is 95.4 Å². The summed E-state index contributed by atoms with van der Waals surface area (Å²) in [5.41, 5.74) is 8.44. The van der Waals surface area contributed by atoms with E-state index in [2.05, 4.69) is 24.9 Å². The molecule has 0 saturated heterocycles. The molecule has 0 aliphatic rings. The largest absolute Gasteiger partial charge is 0.382 e. The van der Waals surface area contributed by atoms with Gasteiger partial charge < -0.3 is 10.3 Å². The summed E-state index contributed by atoms with van der Waals surface area (Å²) in [5, 5.41) is 0.381. The van der Waals surface area contributed by atoms with Crippen molar-refractivity contribution in [1.82, 2.24) is 29.5 Å². The summed E-state index contributed by atoms with van der Waals surface area (Å²) in [5.74, 6) is 0.826. The predicted octanol–water partition coefficient (Wildman–Crippen LogP) is 3.01. The van der Waals surface area contributed by atoms with Gasteiger partial charge in [-0.25, -0.2) is 24.3 Å². The highest BCUT2D eigenvalue weighted by Crippen LogP contribution is 2.27. The Morgan fingerprint density at radius 2 is 2.04 bits per heavy atom. The maximum atomic E-state index is 13.7. The molecule has 0 amide bonds. The summed E-state index contributed by atoms with van der Waals surface area (Å²) in [6, 6.07) is 4.95. The minimum atomic E-state index is -0.455. The van der Waals surface area contributed by atoms with Crippen LogP contribution in [0.1, 0.15) is 11.4 Å². The molecule has 130 valence electrons. The van der Waals surface area contributed by atoms with E-state index < -0.39 is 5.82 Å². The van der Waals surface area contributed by atoms with Crippen LogP contribution in [0.15, 0.2) is 36.8 Å². The lowest BCUT2D eigenvalue weighted by Gasteiger charge is -2.09. The van der Waals surface area contributed by atoms with E-state index in [1.165, 1.54) is 12.3 Å². The van der Waals surface area contributed by atoms with Crippen LogP contribution in [0.4, 0.5) is 10.2 Å². The van der Waals surface area contributed by atoms with Crippen LogP contribution in [0.3, 0.4) is 0 Å². The normalized spacial score (nSPS) is 11.2. The molecule has 7 nitrogen and oxygen atoms in total. The maximum Gasteiger partial charge on any atom is 0.166 e. The molecule has 2 N–H and O–H groups in total. The highest BCUT2D eigenvalue weighted by molar-refractivity contribution is 6.29. The Kier molecular flexibility index (Phi) is 3.96. The molecule has 0 unspecified atom stereocenters. The van der Waals surface area contributed by atoms with Gasteiger partial charge in [-0.15, -0.1) is 0 Å². The van der Waals surface area contributed by atoms with Crippen LogP contribution in [-0.4, -0.2) is 29.5 Å². The number of halogens is 2. The number of nitrogens with zero attached hydrogens (tertiary/aromatic N) is 6. The zero-order valence-electron chi connectivity index (χ0n) is 13.7. The quantitative estimate of drug-likeness (QED) is 0.558. The number of aryl methyl sites for hydroxylation is 1. The van der Waals surface area contributed by atoms with E-state index in [0.717, 1.165) is 11.8 Å². The Morgan fingerprint density at radius 3 is 2.81 bits per heavy atom. The fourth-order valence-corrected chi connectivity index (χ4v) is 2.96. The summed E-state index contributed by atoms with van der Waals surface area (Å²) >= 11 is 5.99. The number of fused-ring (bicyclic) bond motifs is 1. The lowest BCUT2D eigenvalue weighted by atomic mass is 10.2. The second-order valence-corrected chi connectivity index (χ2v) is 6.12. The Balaban J connectivity index is 1.97. The standard InChI is InChI=1S/C17H13ClFN7/c1-9-23-15(20)14-17(24-9)26(8-10-2-3-22-13(18)4-10)16(25-14)11-5-12(19)7-21-6-11/h2-7H,8H2,1H3,(H2,20,23,24). The molecule has 0 saturated carbocycles. The molecule has 4 heterocycles. The minimum absolute atomic E-state index is 0.268. The van der Waals surface area contributed by atoms with E-state index in [0.29, 0.717) is 40.1 Å². The average Bonchev–Trinajstić information content (AvgIpc) is 2.94. The van der Waals surface area contributed by atoms with Crippen molar-refractivity contribution < 1.29 is 4.39 Å². The molecule has 0 bridgehead atoms. The molecule has 4 rings (SSSR count). The first-order valence-electron chi connectivity index (χ1n) is 7.73. The van der Waals surface area contributed by atoms with E-state index in [1.807, 2.05) is 10.6 Å². The van der Waals surface area contributed by atoms with Gasteiger partial charge in [0.05, 0.1) is 12.7 Å². The van der Waals surface area contributed by atoms with Gasteiger partial charge in [0.2, 0.25) is 0 Å². The first kappa shape index (κ1) is 16.3. The lowest BCUT2D eigenvalue weighted by Crippen LogP contribution is -2.05. The maximum absolute atomic E-state index is 13.7. The fourth-order valence-electron chi connectivity index (χ4n) is 2.76. The first-order valence-corrected chi connectivity index (χ1v) is 8.11. The van der Waals surface area contributed by atoms with Crippen LogP contribution >= 0.6 is 11.6 Å². The van der Waals surface area contributed by atoms with E-state index in [4.69, 9.17) is 17.3 Å². The summed E-state index contributed by atoms with van der Waals surface area (Å²) in [7, 11) is 0. The molecule has 9 heteroatoms. The van der Waals surface area contributed by atoms with Crippen LogP contribution in [0.25, 0.3) is 22.6 Å². The van der Waals surface area contributed by atoms with Gasteiger partial charge in [0.15, 0.2) is 17.0 Å². The Labute approximate surface area is 152 Å². The summed E-state index contributed by atoms with van der Waals surface area (Å²) in [6.45, 7) is 2.15.